The summed E-state index contributed by atoms with van der Waals surface area (Å²) < 4.78 is 16.3. The average Bonchev–Trinajstić information content (AvgIpc) is 3.07. The number of rotatable bonds is 6. The highest BCUT2D eigenvalue weighted by Crippen LogP contribution is 2.42. The van der Waals surface area contributed by atoms with Crippen molar-refractivity contribution in [2.24, 2.45) is 11.7 Å². The van der Waals surface area contributed by atoms with Crippen LogP contribution in [0.4, 0.5) is 0 Å². The van der Waals surface area contributed by atoms with E-state index in [1.54, 1.807) is 7.11 Å². The predicted molar refractivity (Wildman–Crippen MR) is 96.4 cm³/mol. The van der Waals surface area contributed by atoms with Crippen LogP contribution in [0.25, 0.3) is 0 Å². The van der Waals surface area contributed by atoms with Gasteiger partial charge >= 0.3 is 0 Å². The summed E-state index contributed by atoms with van der Waals surface area (Å²) in [5.74, 6) is 2.21. The number of carbonyl (C=O) groups is 1. The standard InChI is InChI=1S/C17H25N3O4.ClH/c1-22-14-7-12(8-15-16(14)24-11-23-15)9-20-6-2-3-13(10-20)17(21)19-5-4-18;/h7-8,13H,2-6,9-11,18H2,1H3,(H,19,21);1H. The highest BCUT2D eigenvalue weighted by atomic mass is 35.5. The number of halogens is 1. The monoisotopic (exact) mass is 371 g/mol. The molecule has 3 rings (SSSR count). The van der Waals surface area contributed by atoms with Gasteiger partial charge in [0.1, 0.15) is 0 Å². The lowest BCUT2D eigenvalue weighted by molar-refractivity contribution is -0.126. The maximum atomic E-state index is 12.2. The van der Waals surface area contributed by atoms with Gasteiger partial charge < -0.3 is 25.3 Å². The SMILES string of the molecule is COc1cc(CN2CCCC(C(=O)NCCN)C2)cc2c1OCO2.Cl. The van der Waals surface area contributed by atoms with Crippen LogP contribution >= 0.6 is 12.4 Å². The molecule has 1 aromatic carbocycles. The normalized spacial score (nSPS) is 19.2. The number of nitrogens with one attached hydrogen (secondary N) is 1. The third-order valence-corrected chi connectivity index (χ3v) is 4.44. The Kier molecular flexibility index (Phi) is 7.16. The van der Waals surface area contributed by atoms with Gasteiger partial charge in [0.05, 0.1) is 13.0 Å². The summed E-state index contributed by atoms with van der Waals surface area (Å²) in [6.45, 7) is 3.73. The summed E-state index contributed by atoms with van der Waals surface area (Å²) >= 11 is 0. The Hall–Kier alpha value is -1.70. The molecule has 1 fully saturated rings. The molecule has 0 saturated carbocycles. The number of methoxy groups -OCH3 is 1. The number of nitrogens with zero attached hydrogens (tertiary/aromatic N) is 1. The molecule has 0 bridgehead atoms. The Morgan fingerprint density at radius 2 is 2.28 bits per heavy atom. The van der Waals surface area contributed by atoms with E-state index in [-0.39, 0.29) is 31.0 Å². The minimum Gasteiger partial charge on any atom is -0.493 e. The van der Waals surface area contributed by atoms with Crippen LogP contribution < -0.4 is 25.3 Å². The van der Waals surface area contributed by atoms with Crippen molar-refractivity contribution in [3.63, 3.8) is 0 Å². The highest BCUT2D eigenvalue weighted by Gasteiger charge is 2.26. The van der Waals surface area contributed by atoms with Gasteiger partial charge in [-0.3, -0.25) is 9.69 Å². The van der Waals surface area contributed by atoms with Gasteiger partial charge in [0.2, 0.25) is 18.4 Å². The molecular weight excluding hydrogens is 346 g/mol. The molecule has 1 aromatic rings. The Bertz CT molecular complexity index is 600. The zero-order valence-electron chi connectivity index (χ0n) is 14.5. The Morgan fingerprint density at radius 3 is 3.04 bits per heavy atom. The number of carbonyl (C=O) groups excluding carboxylic acids is 1. The van der Waals surface area contributed by atoms with E-state index in [1.165, 1.54) is 0 Å². The molecule has 2 heterocycles. The van der Waals surface area contributed by atoms with E-state index in [0.29, 0.717) is 24.6 Å². The molecule has 0 aromatic heterocycles. The second-order valence-electron chi connectivity index (χ2n) is 6.19. The van der Waals surface area contributed by atoms with E-state index in [0.717, 1.165) is 43.8 Å². The molecule has 1 unspecified atom stereocenters. The Morgan fingerprint density at radius 1 is 1.44 bits per heavy atom. The van der Waals surface area contributed by atoms with E-state index in [1.807, 2.05) is 12.1 Å². The van der Waals surface area contributed by atoms with Crippen LogP contribution in [0.2, 0.25) is 0 Å². The van der Waals surface area contributed by atoms with Gasteiger partial charge in [-0.15, -0.1) is 12.4 Å². The zero-order valence-corrected chi connectivity index (χ0v) is 15.3. The van der Waals surface area contributed by atoms with Gasteiger partial charge in [0.15, 0.2) is 11.5 Å². The Labute approximate surface area is 154 Å². The zero-order chi connectivity index (χ0) is 16.9. The van der Waals surface area contributed by atoms with Crippen molar-refractivity contribution in [2.45, 2.75) is 19.4 Å². The van der Waals surface area contributed by atoms with Crippen LogP contribution in [-0.2, 0) is 11.3 Å². The first-order valence-corrected chi connectivity index (χ1v) is 8.38. The van der Waals surface area contributed by atoms with Crippen LogP contribution in [-0.4, -0.2) is 50.9 Å². The minimum absolute atomic E-state index is 0. The van der Waals surface area contributed by atoms with E-state index in [9.17, 15) is 4.79 Å². The van der Waals surface area contributed by atoms with Crippen LogP contribution in [0.15, 0.2) is 12.1 Å². The molecule has 8 heteroatoms. The minimum atomic E-state index is 0. The summed E-state index contributed by atoms with van der Waals surface area (Å²) in [6.07, 6.45) is 1.94. The molecule has 1 amide bonds. The number of nitrogens with two attached hydrogens (primary N) is 1. The summed E-state index contributed by atoms with van der Waals surface area (Å²) in [5, 5.41) is 2.89. The molecule has 1 saturated heterocycles. The maximum Gasteiger partial charge on any atom is 0.231 e. The molecule has 1 atom stereocenters. The molecule has 2 aliphatic rings. The molecule has 0 aliphatic carbocycles. The highest BCUT2D eigenvalue weighted by molar-refractivity contribution is 5.85. The second kappa shape index (κ2) is 9.12. The smallest absolute Gasteiger partial charge is 0.231 e. The fraction of sp³-hybridized carbons (Fsp3) is 0.588. The number of likely N-dealkylation sites (tertiary alicyclic amines) is 1. The molecule has 0 spiro atoms. The molecule has 3 N–H and O–H groups in total. The number of fused-ring (bicyclic) bond motifs is 1. The fourth-order valence-corrected chi connectivity index (χ4v) is 3.29. The number of hydrogen-bond donors (Lipinski definition) is 2. The molecule has 0 radical (unpaired) electrons. The van der Waals surface area contributed by atoms with Crippen molar-refractivity contribution in [3.05, 3.63) is 17.7 Å². The summed E-state index contributed by atoms with van der Waals surface area (Å²) in [5.41, 5.74) is 6.55. The number of ether oxygens (including phenoxy) is 3. The van der Waals surface area contributed by atoms with Gasteiger partial charge in [0.25, 0.3) is 0 Å². The Balaban J connectivity index is 0.00000225. The van der Waals surface area contributed by atoms with Crippen LogP contribution in [0, 0.1) is 5.92 Å². The molecule has 140 valence electrons. The van der Waals surface area contributed by atoms with Gasteiger partial charge in [0, 0.05) is 26.2 Å². The van der Waals surface area contributed by atoms with Crippen molar-refractivity contribution in [3.8, 4) is 17.2 Å². The van der Waals surface area contributed by atoms with Crippen LogP contribution in [0.5, 0.6) is 17.2 Å². The summed E-state index contributed by atoms with van der Waals surface area (Å²) in [6, 6.07) is 3.97. The maximum absolute atomic E-state index is 12.2. The average molecular weight is 372 g/mol. The lowest BCUT2D eigenvalue weighted by Crippen LogP contribution is -2.43. The third-order valence-electron chi connectivity index (χ3n) is 4.44. The van der Waals surface area contributed by atoms with E-state index in [2.05, 4.69) is 10.2 Å². The van der Waals surface area contributed by atoms with Crippen molar-refractivity contribution in [2.75, 3.05) is 40.1 Å². The lowest BCUT2D eigenvalue weighted by atomic mass is 9.96. The first kappa shape index (κ1) is 19.6. The summed E-state index contributed by atoms with van der Waals surface area (Å²) in [4.78, 5) is 14.5. The van der Waals surface area contributed by atoms with Gasteiger partial charge in [-0.25, -0.2) is 0 Å². The van der Waals surface area contributed by atoms with E-state index < -0.39 is 0 Å². The largest absolute Gasteiger partial charge is 0.493 e. The predicted octanol–water partition coefficient (Wildman–Crippen LogP) is 1.13. The first-order chi connectivity index (χ1) is 11.7. The molecular formula is C17H26ClN3O4. The number of amides is 1. The van der Waals surface area contributed by atoms with Crippen molar-refractivity contribution < 1.29 is 19.0 Å². The van der Waals surface area contributed by atoms with Gasteiger partial charge in [-0.05, 0) is 37.1 Å². The molecule has 25 heavy (non-hydrogen) atoms. The summed E-state index contributed by atoms with van der Waals surface area (Å²) in [7, 11) is 1.62. The van der Waals surface area contributed by atoms with Crippen molar-refractivity contribution in [1.82, 2.24) is 10.2 Å². The fourth-order valence-electron chi connectivity index (χ4n) is 3.29. The first-order valence-electron chi connectivity index (χ1n) is 8.38. The van der Waals surface area contributed by atoms with Crippen molar-refractivity contribution in [1.29, 1.82) is 0 Å². The second-order valence-corrected chi connectivity index (χ2v) is 6.19. The lowest BCUT2D eigenvalue weighted by Gasteiger charge is -2.32. The number of hydrogen-bond acceptors (Lipinski definition) is 6. The van der Waals surface area contributed by atoms with E-state index in [4.69, 9.17) is 19.9 Å². The third kappa shape index (κ3) is 4.68. The topological polar surface area (TPSA) is 86.1 Å². The van der Waals surface area contributed by atoms with Gasteiger partial charge in [-0.1, -0.05) is 0 Å². The van der Waals surface area contributed by atoms with Crippen molar-refractivity contribution >= 4 is 18.3 Å². The van der Waals surface area contributed by atoms with Crippen LogP contribution in [0.1, 0.15) is 18.4 Å². The molecule has 2 aliphatic heterocycles. The quantitative estimate of drug-likeness (QED) is 0.779. The number of benzene rings is 1. The van der Waals surface area contributed by atoms with Crippen LogP contribution in [0.3, 0.4) is 0 Å². The van der Waals surface area contributed by atoms with E-state index >= 15 is 0 Å². The number of piperidine rings is 1. The molecule has 7 nitrogen and oxygen atoms in total. The van der Waals surface area contributed by atoms with Gasteiger partial charge in [-0.2, -0.15) is 0 Å².